The van der Waals surface area contributed by atoms with E-state index in [1.54, 1.807) is 0 Å². The van der Waals surface area contributed by atoms with Crippen LogP contribution in [0.2, 0.25) is 0 Å². The maximum atomic E-state index is 13.1. The van der Waals surface area contributed by atoms with Gasteiger partial charge in [-0.1, -0.05) is 0 Å². The smallest absolute Gasteiger partial charge is 0.241 e. The van der Waals surface area contributed by atoms with Crippen LogP contribution in [0.1, 0.15) is 0 Å². The maximum Gasteiger partial charge on any atom is 0.241 e. The SMILES string of the molecule is CN(C)CCNS(=O)(=O)c1cc(N)c(F)cc1Br. The number of nitrogens with zero attached hydrogens (tertiary/aromatic N) is 1. The first-order chi connectivity index (χ1) is 8.24. The summed E-state index contributed by atoms with van der Waals surface area (Å²) in [5, 5.41) is 0. The van der Waals surface area contributed by atoms with Crippen molar-refractivity contribution in [2.24, 2.45) is 0 Å². The molecule has 18 heavy (non-hydrogen) atoms. The van der Waals surface area contributed by atoms with E-state index >= 15 is 0 Å². The summed E-state index contributed by atoms with van der Waals surface area (Å²) in [6, 6.07) is 2.13. The van der Waals surface area contributed by atoms with E-state index in [0.29, 0.717) is 6.54 Å². The average Bonchev–Trinajstić information content (AvgIpc) is 2.22. The minimum absolute atomic E-state index is 0.0693. The van der Waals surface area contributed by atoms with Gasteiger partial charge in [-0.05, 0) is 42.2 Å². The third-order valence-corrected chi connectivity index (χ3v) is 4.61. The zero-order valence-corrected chi connectivity index (χ0v) is 12.5. The molecule has 0 aliphatic carbocycles. The highest BCUT2D eigenvalue weighted by molar-refractivity contribution is 9.10. The molecule has 3 N–H and O–H groups in total. The first kappa shape index (κ1) is 15.4. The summed E-state index contributed by atoms with van der Waals surface area (Å²) in [4.78, 5) is 1.77. The average molecular weight is 340 g/mol. The van der Waals surface area contributed by atoms with Gasteiger partial charge < -0.3 is 10.6 Å². The van der Waals surface area contributed by atoms with Crippen molar-refractivity contribution in [2.75, 3.05) is 32.9 Å². The Hall–Kier alpha value is -0.700. The summed E-state index contributed by atoms with van der Waals surface area (Å²) < 4.78 is 39.6. The van der Waals surface area contributed by atoms with Gasteiger partial charge in [-0.15, -0.1) is 0 Å². The zero-order chi connectivity index (χ0) is 13.9. The van der Waals surface area contributed by atoms with Crippen LogP contribution >= 0.6 is 15.9 Å². The van der Waals surface area contributed by atoms with E-state index in [4.69, 9.17) is 5.73 Å². The topological polar surface area (TPSA) is 75.4 Å². The Morgan fingerprint density at radius 2 is 2.06 bits per heavy atom. The van der Waals surface area contributed by atoms with Crippen molar-refractivity contribution < 1.29 is 12.8 Å². The number of halogens is 2. The van der Waals surface area contributed by atoms with E-state index in [9.17, 15) is 12.8 Å². The van der Waals surface area contributed by atoms with Crippen molar-refractivity contribution in [3.63, 3.8) is 0 Å². The van der Waals surface area contributed by atoms with Gasteiger partial charge in [0.25, 0.3) is 0 Å². The fraction of sp³-hybridized carbons (Fsp3) is 0.400. The minimum atomic E-state index is -3.70. The van der Waals surface area contributed by atoms with Crippen molar-refractivity contribution in [3.05, 3.63) is 22.4 Å². The van der Waals surface area contributed by atoms with E-state index in [1.807, 2.05) is 19.0 Å². The summed E-state index contributed by atoms with van der Waals surface area (Å²) in [5.41, 5.74) is 5.16. The number of rotatable bonds is 5. The number of nitrogens with one attached hydrogen (secondary N) is 1. The quantitative estimate of drug-likeness (QED) is 0.785. The van der Waals surface area contributed by atoms with Crippen molar-refractivity contribution in [3.8, 4) is 0 Å². The Bertz CT molecular complexity index is 534. The molecule has 0 amide bonds. The molecule has 0 fully saturated rings. The molecule has 0 saturated carbocycles. The molecule has 102 valence electrons. The van der Waals surface area contributed by atoms with Crippen LogP contribution in [-0.2, 0) is 10.0 Å². The monoisotopic (exact) mass is 339 g/mol. The number of anilines is 1. The summed E-state index contributed by atoms with van der Waals surface area (Å²) in [6.07, 6.45) is 0. The summed E-state index contributed by atoms with van der Waals surface area (Å²) in [6.45, 7) is 0.826. The van der Waals surface area contributed by atoms with Gasteiger partial charge in [0.05, 0.1) is 10.6 Å². The van der Waals surface area contributed by atoms with Crippen LogP contribution in [-0.4, -0.2) is 40.5 Å². The number of sulfonamides is 1. The van der Waals surface area contributed by atoms with Gasteiger partial charge in [-0.2, -0.15) is 0 Å². The highest BCUT2D eigenvalue weighted by atomic mass is 79.9. The number of nitrogens with two attached hydrogens (primary N) is 1. The Morgan fingerprint density at radius 3 is 2.61 bits per heavy atom. The molecule has 1 aromatic rings. The van der Waals surface area contributed by atoms with Gasteiger partial charge in [-0.25, -0.2) is 17.5 Å². The number of likely N-dealkylation sites (N-methyl/N-ethyl adjacent to an activating group) is 1. The number of benzene rings is 1. The summed E-state index contributed by atoms with van der Waals surface area (Å²) in [5.74, 6) is -0.658. The summed E-state index contributed by atoms with van der Waals surface area (Å²) >= 11 is 3.01. The number of hydrogen-bond acceptors (Lipinski definition) is 4. The van der Waals surface area contributed by atoms with E-state index in [0.717, 1.165) is 12.1 Å². The fourth-order valence-corrected chi connectivity index (χ4v) is 3.30. The van der Waals surface area contributed by atoms with Crippen molar-refractivity contribution in [2.45, 2.75) is 4.90 Å². The molecule has 0 heterocycles. The van der Waals surface area contributed by atoms with Crippen LogP contribution < -0.4 is 10.5 Å². The molecule has 0 atom stereocenters. The summed E-state index contributed by atoms with van der Waals surface area (Å²) in [7, 11) is -0.0292. The van der Waals surface area contributed by atoms with Crippen LogP contribution in [0.25, 0.3) is 0 Å². The second kappa shape index (κ2) is 5.96. The fourth-order valence-electron chi connectivity index (χ4n) is 1.23. The molecule has 0 radical (unpaired) electrons. The van der Waals surface area contributed by atoms with Gasteiger partial charge in [0.2, 0.25) is 10.0 Å². The lowest BCUT2D eigenvalue weighted by molar-refractivity contribution is 0.412. The molecule has 0 spiro atoms. The highest BCUT2D eigenvalue weighted by Crippen LogP contribution is 2.26. The third kappa shape index (κ3) is 3.91. The molecule has 5 nitrogen and oxygen atoms in total. The molecule has 0 aromatic heterocycles. The Balaban J connectivity index is 2.95. The Morgan fingerprint density at radius 1 is 1.44 bits per heavy atom. The predicted octanol–water partition coefficient (Wildman–Crippen LogP) is 1.01. The van der Waals surface area contributed by atoms with E-state index in [-0.39, 0.29) is 21.6 Å². The molecular formula is C10H15BrFN3O2S. The second-order valence-electron chi connectivity index (χ2n) is 4.01. The minimum Gasteiger partial charge on any atom is -0.396 e. The standard InChI is InChI=1S/C10H15BrFN3O2S/c1-15(2)4-3-14-18(16,17)10-6-9(13)8(12)5-7(10)11/h5-6,14H,3-4,13H2,1-2H3. The molecule has 1 aromatic carbocycles. The van der Waals surface area contributed by atoms with Gasteiger partial charge in [-0.3, -0.25) is 0 Å². The van der Waals surface area contributed by atoms with E-state index in [2.05, 4.69) is 20.7 Å². The maximum absolute atomic E-state index is 13.1. The lowest BCUT2D eigenvalue weighted by atomic mass is 10.3. The van der Waals surface area contributed by atoms with Gasteiger partial charge >= 0.3 is 0 Å². The first-order valence-electron chi connectivity index (χ1n) is 5.13. The molecule has 0 aliphatic rings. The van der Waals surface area contributed by atoms with Gasteiger partial charge in [0.15, 0.2) is 0 Å². The number of hydrogen-bond donors (Lipinski definition) is 2. The van der Waals surface area contributed by atoms with Crippen molar-refractivity contribution >= 4 is 31.6 Å². The molecule has 0 bridgehead atoms. The largest absolute Gasteiger partial charge is 0.396 e. The predicted molar refractivity (Wildman–Crippen MR) is 72.3 cm³/mol. The Labute approximate surface area is 114 Å². The van der Waals surface area contributed by atoms with Gasteiger partial charge in [0, 0.05) is 17.6 Å². The lowest BCUT2D eigenvalue weighted by Crippen LogP contribution is -2.31. The second-order valence-corrected chi connectivity index (χ2v) is 6.59. The van der Waals surface area contributed by atoms with Gasteiger partial charge in [0.1, 0.15) is 5.82 Å². The van der Waals surface area contributed by atoms with Crippen LogP contribution in [0.4, 0.5) is 10.1 Å². The molecule has 0 aliphatic heterocycles. The van der Waals surface area contributed by atoms with Crippen LogP contribution in [0, 0.1) is 5.82 Å². The van der Waals surface area contributed by atoms with Crippen molar-refractivity contribution in [1.29, 1.82) is 0 Å². The number of nitrogen functional groups attached to an aromatic ring is 1. The van der Waals surface area contributed by atoms with Crippen LogP contribution in [0.15, 0.2) is 21.5 Å². The molecule has 1 rings (SSSR count). The first-order valence-corrected chi connectivity index (χ1v) is 7.40. The molecule has 0 unspecified atom stereocenters. The highest BCUT2D eigenvalue weighted by Gasteiger charge is 2.19. The molecule has 8 heteroatoms. The van der Waals surface area contributed by atoms with E-state index in [1.165, 1.54) is 0 Å². The zero-order valence-electron chi connectivity index (χ0n) is 10.1. The van der Waals surface area contributed by atoms with Crippen molar-refractivity contribution in [1.82, 2.24) is 9.62 Å². The molecule has 0 saturated heterocycles. The van der Waals surface area contributed by atoms with Crippen LogP contribution in [0.5, 0.6) is 0 Å². The lowest BCUT2D eigenvalue weighted by Gasteiger charge is -2.12. The van der Waals surface area contributed by atoms with Crippen LogP contribution in [0.3, 0.4) is 0 Å². The third-order valence-electron chi connectivity index (χ3n) is 2.19. The normalized spacial score (nSPS) is 12.1. The Kier molecular flexibility index (Phi) is 5.09. The molecular weight excluding hydrogens is 325 g/mol. The van der Waals surface area contributed by atoms with E-state index < -0.39 is 15.8 Å².